The number of phenolic OH excluding ortho intramolecular Hbond substituents is 2. The van der Waals surface area contributed by atoms with E-state index in [2.05, 4.69) is 17.3 Å². The molecule has 0 radical (unpaired) electrons. The average molecular weight is 284 g/mol. The van der Waals surface area contributed by atoms with Crippen LogP contribution in [-0.2, 0) is 13.1 Å². The summed E-state index contributed by atoms with van der Waals surface area (Å²) in [6.07, 6.45) is 4.73. The Morgan fingerprint density at radius 1 is 1.32 bits per heavy atom. The van der Waals surface area contributed by atoms with E-state index in [9.17, 15) is 10.2 Å². The molecule has 2 rings (SSSR count). The van der Waals surface area contributed by atoms with Crippen molar-refractivity contribution in [3.8, 4) is 11.5 Å². The van der Waals surface area contributed by atoms with E-state index >= 15 is 0 Å². The number of halogens is 1. The number of aromatic hydroxyl groups is 2. The molecule has 6 heteroatoms. The molecule has 19 heavy (non-hydrogen) atoms. The Balaban J connectivity index is 0.00000180. The number of hydrogen-bond acceptors (Lipinski definition) is 4. The molecule has 3 N–H and O–H groups in total. The lowest BCUT2D eigenvalue weighted by atomic mass is 10.2. The minimum atomic E-state index is 0. The topological polar surface area (TPSA) is 70.3 Å². The number of rotatable bonds is 5. The van der Waals surface area contributed by atoms with Crippen molar-refractivity contribution in [2.75, 3.05) is 5.32 Å². The van der Waals surface area contributed by atoms with Crippen LogP contribution in [0.4, 0.5) is 5.69 Å². The van der Waals surface area contributed by atoms with Gasteiger partial charge in [-0.3, -0.25) is 4.68 Å². The molecule has 0 bridgehead atoms. The van der Waals surface area contributed by atoms with Crippen LogP contribution in [0.3, 0.4) is 0 Å². The second-order valence-electron chi connectivity index (χ2n) is 4.16. The van der Waals surface area contributed by atoms with Crippen molar-refractivity contribution < 1.29 is 10.2 Å². The zero-order chi connectivity index (χ0) is 13.0. The molecule has 0 amide bonds. The van der Waals surface area contributed by atoms with Crippen LogP contribution in [0, 0.1) is 0 Å². The second-order valence-corrected chi connectivity index (χ2v) is 4.16. The van der Waals surface area contributed by atoms with Crippen LogP contribution >= 0.6 is 12.4 Å². The molecule has 1 aromatic heterocycles. The van der Waals surface area contributed by atoms with Crippen molar-refractivity contribution in [2.24, 2.45) is 0 Å². The maximum absolute atomic E-state index is 9.64. The summed E-state index contributed by atoms with van der Waals surface area (Å²) in [7, 11) is 0. The van der Waals surface area contributed by atoms with Gasteiger partial charge in [0, 0.05) is 30.9 Å². The van der Waals surface area contributed by atoms with Crippen molar-refractivity contribution in [3.63, 3.8) is 0 Å². The molecular formula is C13H18ClN3O2. The molecule has 1 aromatic carbocycles. The van der Waals surface area contributed by atoms with E-state index in [4.69, 9.17) is 0 Å². The van der Waals surface area contributed by atoms with Gasteiger partial charge in [0.15, 0.2) is 0 Å². The molecule has 0 atom stereocenters. The lowest BCUT2D eigenvalue weighted by Gasteiger charge is -2.06. The zero-order valence-electron chi connectivity index (χ0n) is 10.7. The van der Waals surface area contributed by atoms with Crippen LogP contribution in [0.5, 0.6) is 11.5 Å². The van der Waals surface area contributed by atoms with Gasteiger partial charge in [0.25, 0.3) is 0 Å². The minimum absolute atomic E-state index is 0. The predicted octanol–water partition coefficient (Wildman–Crippen LogP) is 2.74. The Labute approximate surface area is 118 Å². The SMILES string of the molecule is CCCn1cc(NCc2ccc(O)cc2O)cn1.Cl. The number of phenols is 2. The molecule has 5 nitrogen and oxygen atoms in total. The number of nitrogens with one attached hydrogen (secondary N) is 1. The van der Waals surface area contributed by atoms with Gasteiger partial charge >= 0.3 is 0 Å². The van der Waals surface area contributed by atoms with Crippen LogP contribution in [0.25, 0.3) is 0 Å². The first kappa shape index (κ1) is 15.2. The number of aromatic nitrogens is 2. The summed E-state index contributed by atoms with van der Waals surface area (Å²) in [5.74, 6) is 0.149. The highest BCUT2D eigenvalue weighted by atomic mass is 35.5. The fourth-order valence-corrected chi connectivity index (χ4v) is 1.71. The number of hydrogen-bond donors (Lipinski definition) is 3. The van der Waals surface area contributed by atoms with Crippen molar-refractivity contribution in [2.45, 2.75) is 26.4 Å². The quantitative estimate of drug-likeness (QED) is 0.789. The van der Waals surface area contributed by atoms with Crippen LogP contribution in [0.15, 0.2) is 30.6 Å². The Kier molecular flexibility index (Phi) is 5.51. The molecule has 2 aromatic rings. The van der Waals surface area contributed by atoms with Crippen molar-refractivity contribution in [3.05, 3.63) is 36.2 Å². The first-order chi connectivity index (χ1) is 8.69. The van der Waals surface area contributed by atoms with Crippen LogP contribution in [0.2, 0.25) is 0 Å². The lowest BCUT2D eigenvalue weighted by molar-refractivity contribution is 0.446. The smallest absolute Gasteiger partial charge is 0.124 e. The number of anilines is 1. The van der Waals surface area contributed by atoms with Crippen LogP contribution < -0.4 is 5.32 Å². The maximum Gasteiger partial charge on any atom is 0.124 e. The predicted molar refractivity (Wildman–Crippen MR) is 76.9 cm³/mol. The molecule has 0 spiro atoms. The van der Waals surface area contributed by atoms with Crippen molar-refractivity contribution in [1.29, 1.82) is 0 Å². The first-order valence-corrected chi connectivity index (χ1v) is 5.96. The fraction of sp³-hybridized carbons (Fsp3) is 0.308. The van der Waals surface area contributed by atoms with E-state index in [1.165, 1.54) is 6.07 Å². The molecule has 0 unspecified atom stereocenters. The van der Waals surface area contributed by atoms with Gasteiger partial charge in [-0.05, 0) is 18.6 Å². The van der Waals surface area contributed by atoms with Gasteiger partial charge in [0.1, 0.15) is 11.5 Å². The molecule has 0 fully saturated rings. The Bertz CT molecular complexity index is 528. The standard InChI is InChI=1S/C13H17N3O2.ClH/c1-2-5-16-9-11(8-15-16)14-7-10-3-4-12(17)6-13(10)18;/h3-4,6,8-9,14,17-18H,2,5,7H2,1H3;1H. The molecule has 0 aliphatic carbocycles. The second kappa shape index (κ2) is 6.89. The largest absolute Gasteiger partial charge is 0.508 e. The third-order valence-electron chi connectivity index (χ3n) is 2.64. The maximum atomic E-state index is 9.64. The Morgan fingerprint density at radius 2 is 2.11 bits per heavy atom. The summed E-state index contributed by atoms with van der Waals surface area (Å²) in [6, 6.07) is 4.57. The highest BCUT2D eigenvalue weighted by Crippen LogP contribution is 2.23. The van der Waals surface area contributed by atoms with E-state index in [0.29, 0.717) is 6.54 Å². The molecule has 1 heterocycles. The number of aryl methyl sites for hydroxylation is 1. The third-order valence-corrected chi connectivity index (χ3v) is 2.64. The van der Waals surface area contributed by atoms with Gasteiger partial charge in [-0.2, -0.15) is 5.10 Å². The van der Waals surface area contributed by atoms with E-state index in [1.54, 1.807) is 18.3 Å². The number of nitrogens with zero attached hydrogens (tertiary/aromatic N) is 2. The molecule has 0 aliphatic heterocycles. The molecule has 0 saturated heterocycles. The first-order valence-electron chi connectivity index (χ1n) is 5.96. The summed E-state index contributed by atoms with van der Waals surface area (Å²) in [4.78, 5) is 0. The number of benzene rings is 1. The lowest BCUT2D eigenvalue weighted by Crippen LogP contribution is -1.99. The summed E-state index contributed by atoms with van der Waals surface area (Å²) in [5, 5.41) is 26.2. The van der Waals surface area contributed by atoms with Gasteiger partial charge in [-0.25, -0.2) is 0 Å². The van der Waals surface area contributed by atoms with Gasteiger partial charge in [0.2, 0.25) is 0 Å². The Hall–Kier alpha value is -1.88. The van der Waals surface area contributed by atoms with E-state index in [0.717, 1.165) is 24.2 Å². The summed E-state index contributed by atoms with van der Waals surface area (Å²) < 4.78 is 1.87. The van der Waals surface area contributed by atoms with E-state index in [-0.39, 0.29) is 23.9 Å². The van der Waals surface area contributed by atoms with Crippen LogP contribution in [0.1, 0.15) is 18.9 Å². The monoisotopic (exact) mass is 283 g/mol. The summed E-state index contributed by atoms with van der Waals surface area (Å²) in [5.41, 5.74) is 1.65. The molecule has 0 saturated carbocycles. The fourth-order valence-electron chi connectivity index (χ4n) is 1.71. The minimum Gasteiger partial charge on any atom is -0.508 e. The van der Waals surface area contributed by atoms with Crippen molar-refractivity contribution >= 4 is 18.1 Å². The summed E-state index contributed by atoms with van der Waals surface area (Å²) >= 11 is 0. The highest BCUT2D eigenvalue weighted by Gasteiger charge is 2.03. The van der Waals surface area contributed by atoms with Gasteiger partial charge < -0.3 is 15.5 Å². The van der Waals surface area contributed by atoms with Gasteiger partial charge in [-0.1, -0.05) is 6.92 Å². The normalized spacial score (nSPS) is 9.95. The van der Waals surface area contributed by atoms with E-state index < -0.39 is 0 Å². The molecular weight excluding hydrogens is 266 g/mol. The van der Waals surface area contributed by atoms with Gasteiger partial charge in [-0.15, -0.1) is 12.4 Å². The van der Waals surface area contributed by atoms with Crippen molar-refractivity contribution in [1.82, 2.24) is 9.78 Å². The molecule has 0 aliphatic rings. The van der Waals surface area contributed by atoms with E-state index in [1.807, 2.05) is 10.9 Å². The Morgan fingerprint density at radius 3 is 2.79 bits per heavy atom. The van der Waals surface area contributed by atoms with Gasteiger partial charge in [0.05, 0.1) is 11.9 Å². The summed E-state index contributed by atoms with van der Waals surface area (Å²) in [6.45, 7) is 3.49. The molecule has 104 valence electrons. The zero-order valence-corrected chi connectivity index (χ0v) is 11.5. The van der Waals surface area contributed by atoms with Crippen LogP contribution in [-0.4, -0.2) is 20.0 Å². The average Bonchev–Trinajstić information content (AvgIpc) is 2.76. The third kappa shape index (κ3) is 4.06. The highest BCUT2D eigenvalue weighted by molar-refractivity contribution is 5.85.